The lowest BCUT2D eigenvalue weighted by Crippen LogP contribution is -2.27. The Labute approximate surface area is 126 Å². The minimum atomic E-state index is 0.147. The SMILES string of the molecule is Cc1ccc(CSCC(=O)NCC2=CCCCC2)cc1. The van der Waals surface area contributed by atoms with E-state index in [0.717, 1.165) is 18.7 Å². The Balaban J connectivity index is 1.62. The topological polar surface area (TPSA) is 29.1 Å². The lowest BCUT2D eigenvalue weighted by atomic mass is 10.00. The largest absolute Gasteiger partial charge is 0.352 e. The Bertz CT molecular complexity index is 464. The zero-order valence-corrected chi connectivity index (χ0v) is 13.0. The van der Waals surface area contributed by atoms with Crippen LogP contribution in [0.15, 0.2) is 35.9 Å². The van der Waals surface area contributed by atoms with Crippen molar-refractivity contribution in [3.05, 3.63) is 47.0 Å². The van der Waals surface area contributed by atoms with Crippen LogP contribution in [-0.2, 0) is 10.5 Å². The van der Waals surface area contributed by atoms with Crippen molar-refractivity contribution in [2.75, 3.05) is 12.3 Å². The van der Waals surface area contributed by atoms with Gasteiger partial charge in [0.05, 0.1) is 5.75 Å². The van der Waals surface area contributed by atoms with Gasteiger partial charge in [-0.05, 0) is 38.2 Å². The first-order valence-corrected chi connectivity index (χ1v) is 8.47. The molecule has 2 nitrogen and oxygen atoms in total. The van der Waals surface area contributed by atoms with E-state index in [-0.39, 0.29) is 5.91 Å². The molecule has 0 aromatic heterocycles. The first kappa shape index (κ1) is 15.2. The predicted octanol–water partition coefficient (Wildman–Crippen LogP) is 3.84. The minimum Gasteiger partial charge on any atom is -0.352 e. The minimum absolute atomic E-state index is 0.147. The lowest BCUT2D eigenvalue weighted by molar-refractivity contribution is -0.118. The van der Waals surface area contributed by atoms with Crippen LogP contribution in [0.1, 0.15) is 36.8 Å². The molecule has 0 spiro atoms. The molecule has 1 aliphatic rings. The van der Waals surface area contributed by atoms with Crippen LogP contribution in [0.4, 0.5) is 0 Å². The Morgan fingerprint density at radius 3 is 2.75 bits per heavy atom. The van der Waals surface area contributed by atoms with E-state index in [4.69, 9.17) is 0 Å². The fraction of sp³-hybridized carbons (Fsp3) is 0.471. The molecule has 20 heavy (non-hydrogen) atoms. The number of allylic oxidation sites excluding steroid dienone is 1. The van der Waals surface area contributed by atoms with Gasteiger partial charge in [-0.1, -0.05) is 41.5 Å². The molecule has 0 unspecified atom stereocenters. The standard InChI is InChI=1S/C17H23NOS/c1-14-7-9-16(10-8-14)12-20-13-17(19)18-11-15-5-3-2-4-6-15/h5,7-10H,2-4,6,11-13H2,1H3,(H,18,19). The number of carbonyl (C=O) groups is 1. The number of amides is 1. The van der Waals surface area contributed by atoms with Crippen molar-refractivity contribution >= 4 is 17.7 Å². The summed E-state index contributed by atoms with van der Waals surface area (Å²) >= 11 is 1.68. The summed E-state index contributed by atoms with van der Waals surface area (Å²) in [7, 11) is 0. The van der Waals surface area contributed by atoms with Crippen molar-refractivity contribution < 1.29 is 4.79 Å². The van der Waals surface area contributed by atoms with Crippen LogP contribution in [-0.4, -0.2) is 18.2 Å². The van der Waals surface area contributed by atoms with Gasteiger partial charge < -0.3 is 5.32 Å². The molecule has 0 radical (unpaired) electrons. The second-order valence-corrected chi connectivity index (χ2v) is 6.35. The highest BCUT2D eigenvalue weighted by molar-refractivity contribution is 7.99. The van der Waals surface area contributed by atoms with Crippen molar-refractivity contribution in [1.82, 2.24) is 5.32 Å². The number of thioether (sulfide) groups is 1. The van der Waals surface area contributed by atoms with Gasteiger partial charge in [0.25, 0.3) is 0 Å². The summed E-state index contributed by atoms with van der Waals surface area (Å²) in [6, 6.07) is 8.50. The van der Waals surface area contributed by atoms with Crippen LogP contribution >= 0.6 is 11.8 Å². The summed E-state index contributed by atoms with van der Waals surface area (Å²) in [5.41, 5.74) is 3.95. The van der Waals surface area contributed by atoms with Gasteiger partial charge in [-0.25, -0.2) is 0 Å². The molecule has 0 fully saturated rings. The Morgan fingerprint density at radius 1 is 1.25 bits per heavy atom. The summed E-state index contributed by atoms with van der Waals surface area (Å²) in [5, 5.41) is 3.02. The number of nitrogens with one attached hydrogen (secondary N) is 1. The zero-order valence-electron chi connectivity index (χ0n) is 12.2. The van der Waals surface area contributed by atoms with E-state index in [1.54, 1.807) is 11.8 Å². The highest BCUT2D eigenvalue weighted by Crippen LogP contribution is 2.16. The molecule has 0 heterocycles. The van der Waals surface area contributed by atoms with Crippen LogP contribution in [0.3, 0.4) is 0 Å². The van der Waals surface area contributed by atoms with Gasteiger partial charge in [0, 0.05) is 12.3 Å². The zero-order chi connectivity index (χ0) is 14.2. The van der Waals surface area contributed by atoms with E-state index in [1.165, 1.54) is 36.0 Å². The average Bonchev–Trinajstić information content (AvgIpc) is 2.48. The Kier molecular flexibility index (Phi) is 6.19. The number of hydrogen-bond acceptors (Lipinski definition) is 2. The van der Waals surface area contributed by atoms with Crippen LogP contribution in [0.5, 0.6) is 0 Å². The maximum atomic E-state index is 11.8. The van der Waals surface area contributed by atoms with Crippen molar-refractivity contribution in [3.8, 4) is 0 Å². The highest BCUT2D eigenvalue weighted by atomic mass is 32.2. The van der Waals surface area contributed by atoms with Gasteiger partial charge in [0.15, 0.2) is 0 Å². The monoisotopic (exact) mass is 289 g/mol. The molecule has 1 amide bonds. The summed E-state index contributed by atoms with van der Waals surface area (Å²) in [6.45, 7) is 2.83. The Hall–Kier alpha value is -1.22. The quantitative estimate of drug-likeness (QED) is 0.806. The number of rotatable bonds is 6. The van der Waals surface area contributed by atoms with E-state index in [9.17, 15) is 4.79 Å². The molecule has 1 aliphatic carbocycles. The molecule has 1 N–H and O–H groups in total. The molecule has 3 heteroatoms. The molecule has 0 saturated carbocycles. The summed E-state index contributed by atoms with van der Waals surface area (Å²) in [6.07, 6.45) is 7.17. The van der Waals surface area contributed by atoms with E-state index in [0.29, 0.717) is 5.75 Å². The smallest absolute Gasteiger partial charge is 0.230 e. The molecule has 0 aliphatic heterocycles. The van der Waals surface area contributed by atoms with Crippen LogP contribution < -0.4 is 5.32 Å². The summed E-state index contributed by atoms with van der Waals surface area (Å²) in [5.74, 6) is 1.59. The maximum Gasteiger partial charge on any atom is 0.230 e. The van der Waals surface area contributed by atoms with Crippen molar-refractivity contribution in [1.29, 1.82) is 0 Å². The number of carbonyl (C=O) groups excluding carboxylic acids is 1. The predicted molar refractivity (Wildman–Crippen MR) is 86.9 cm³/mol. The number of hydrogen-bond donors (Lipinski definition) is 1. The van der Waals surface area contributed by atoms with Gasteiger partial charge in [-0.3, -0.25) is 4.79 Å². The van der Waals surface area contributed by atoms with Crippen LogP contribution in [0, 0.1) is 6.92 Å². The average molecular weight is 289 g/mol. The molecule has 1 aromatic carbocycles. The molecule has 0 atom stereocenters. The van der Waals surface area contributed by atoms with Gasteiger partial charge >= 0.3 is 0 Å². The third-order valence-corrected chi connectivity index (χ3v) is 4.52. The fourth-order valence-corrected chi connectivity index (χ4v) is 3.09. The highest BCUT2D eigenvalue weighted by Gasteiger charge is 2.06. The third-order valence-electron chi connectivity index (χ3n) is 3.52. The van der Waals surface area contributed by atoms with E-state index >= 15 is 0 Å². The first-order chi connectivity index (χ1) is 9.74. The van der Waals surface area contributed by atoms with Crippen molar-refractivity contribution in [2.24, 2.45) is 0 Å². The normalized spacial score (nSPS) is 14.8. The molecule has 108 valence electrons. The lowest BCUT2D eigenvalue weighted by Gasteiger charge is -2.13. The Morgan fingerprint density at radius 2 is 2.05 bits per heavy atom. The molecule has 0 saturated heterocycles. The molecule has 2 rings (SSSR count). The second-order valence-electron chi connectivity index (χ2n) is 5.36. The molecular formula is C17H23NOS. The molecule has 0 bridgehead atoms. The summed E-state index contributed by atoms with van der Waals surface area (Å²) < 4.78 is 0. The van der Waals surface area contributed by atoms with Gasteiger partial charge in [-0.2, -0.15) is 0 Å². The second kappa shape index (κ2) is 8.15. The van der Waals surface area contributed by atoms with E-state index < -0.39 is 0 Å². The fourth-order valence-electron chi connectivity index (χ4n) is 2.27. The first-order valence-electron chi connectivity index (χ1n) is 7.32. The van der Waals surface area contributed by atoms with Crippen molar-refractivity contribution in [3.63, 3.8) is 0 Å². The summed E-state index contributed by atoms with van der Waals surface area (Å²) in [4.78, 5) is 11.8. The molecular weight excluding hydrogens is 266 g/mol. The van der Waals surface area contributed by atoms with Gasteiger partial charge in [0.2, 0.25) is 5.91 Å². The maximum absolute atomic E-state index is 11.8. The van der Waals surface area contributed by atoms with Crippen LogP contribution in [0.2, 0.25) is 0 Å². The number of aryl methyl sites for hydroxylation is 1. The number of benzene rings is 1. The van der Waals surface area contributed by atoms with Gasteiger partial charge in [-0.15, -0.1) is 11.8 Å². The van der Waals surface area contributed by atoms with E-state index in [2.05, 4.69) is 42.6 Å². The third kappa shape index (κ3) is 5.41. The van der Waals surface area contributed by atoms with Crippen LogP contribution in [0.25, 0.3) is 0 Å². The van der Waals surface area contributed by atoms with Gasteiger partial charge in [0.1, 0.15) is 0 Å². The van der Waals surface area contributed by atoms with E-state index in [1.807, 2.05) is 0 Å². The molecule has 1 aromatic rings. The van der Waals surface area contributed by atoms with Crippen molar-refractivity contribution in [2.45, 2.75) is 38.4 Å².